The Bertz CT molecular complexity index is 332. The second-order valence-corrected chi connectivity index (χ2v) is 5.68. The number of piperidine rings is 1. The van der Waals surface area contributed by atoms with Crippen LogP contribution in [-0.2, 0) is 9.59 Å². The van der Waals surface area contributed by atoms with Crippen molar-refractivity contribution in [1.82, 2.24) is 10.2 Å². The molecule has 1 unspecified atom stereocenters. The summed E-state index contributed by atoms with van der Waals surface area (Å²) in [5.41, 5.74) is 0. The fourth-order valence-corrected chi connectivity index (χ4v) is 3.15. The Morgan fingerprint density at radius 1 is 1.10 bits per heavy atom. The molecule has 1 amide bonds. The zero-order chi connectivity index (χ0) is 13.7. The largest absolute Gasteiger partial charge is 0.480 e. The van der Waals surface area contributed by atoms with Crippen LogP contribution in [-0.4, -0.2) is 47.1 Å². The highest BCUT2D eigenvalue weighted by atomic mass is 35.5. The third kappa shape index (κ3) is 4.94. The van der Waals surface area contributed by atoms with Gasteiger partial charge in [0.25, 0.3) is 0 Å². The minimum Gasteiger partial charge on any atom is -0.480 e. The van der Waals surface area contributed by atoms with E-state index in [0.717, 1.165) is 32.2 Å². The Labute approximate surface area is 126 Å². The van der Waals surface area contributed by atoms with Crippen molar-refractivity contribution in [2.75, 3.05) is 13.1 Å². The number of rotatable bonds is 5. The van der Waals surface area contributed by atoms with Crippen LogP contribution in [0, 0.1) is 0 Å². The highest BCUT2D eigenvalue weighted by Gasteiger charge is 2.28. The molecule has 0 aromatic heterocycles. The van der Waals surface area contributed by atoms with Crippen LogP contribution in [0.3, 0.4) is 0 Å². The fourth-order valence-electron chi connectivity index (χ4n) is 3.15. The summed E-state index contributed by atoms with van der Waals surface area (Å²) in [5, 5.41) is 12.2. The maximum absolute atomic E-state index is 11.8. The van der Waals surface area contributed by atoms with Crippen molar-refractivity contribution in [3.63, 3.8) is 0 Å². The Morgan fingerprint density at radius 2 is 1.75 bits per heavy atom. The van der Waals surface area contributed by atoms with Crippen molar-refractivity contribution in [2.45, 2.75) is 63.5 Å². The molecule has 2 aliphatic rings. The van der Waals surface area contributed by atoms with Gasteiger partial charge in [-0.15, -0.1) is 12.4 Å². The molecule has 1 aliphatic carbocycles. The van der Waals surface area contributed by atoms with E-state index in [-0.39, 0.29) is 18.3 Å². The van der Waals surface area contributed by atoms with Gasteiger partial charge in [-0.25, -0.2) is 0 Å². The quantitative estimate of drug-likeness (QED) is 0.812. The molecule has 0 spiro atoms. The van der Waals surface area contributed by atoms with Gasteiger partial charge in [-0.2, -0.15) is 0 Å². The molecule has 1 aliphatic heterocycles. The van der Waals surface area contributed by atoms with Gasteiger partial charge in [-0.1, -0.05) is 19.3 Å². The predicted molar refractivity (Wildman–Crippen MR) is 79.1 cm³/mol. The normalized spacial score (nSPS) is 24.1. The number of hydrogen-bond donors (Lipinski definition) is 2. The molecule has 0 bridgehead atoms. The maximum atomic E-state index is 11.8. The van der Waals surface area contributed by atoms with Crippen LogP contribution in [0.15, 0.2) is 0 Å². The first-order chi connectivity index (χ1) is 9.16. The first-order valence-corrected chi connectivity index (χ1v) is 7.43. The number of carbonyl (C=O) groups is 2. The lowest BCUT2D eigenvalue weighted by Crippen LogP contribution is -2.46. The molecular formula is C14H25ClN2O3. The summed E-state index contributed by atoms with van der Waals surface area (Å²) in [6.45, 7) is 1.36. The topological polar surface area (TPSA) is 69.6 Å². The van der Waals surface area contributed by atoms with Crippen LogP contribution >= 0.6 is 12.4 Å². The summed E-state index contributed by atoms with van der Waals surface area (Å²) in [6, 6.07) is -0.0443. The standard InChI is InChI=1S/C14H24N2O3.ClH/c17-13(15-11-5-1-2-6-11)8-10-16-9-4-3-7-12(16)14(18)19;/h11-12H,1-10H2,(H,15,17)(H,18,19);1H. The van der Waals surface area contributed by atoms with E-state index >= 15 is 0 Å². The number of carboxylic acid groups (broad SMARTS) is 1. The minimum absolute atomic E-state index is 0. The van der Waals surface area contributed by atoms with Gasteiger partial charge in [0.15, 0.2) is 0 Å². The van der Waals surface area contributed by atoms with Crippen molar-refractivity contribution in [1.29, 1.82) is 0 Å². The van der Waals surface area contributed by atoms with E-state index < -0.39 is 12.0 Å². The Morgan fingerprint density at radius 3 is 2.40 bits per heavy atom. The van der Waals surface area contributed by atoms with Gasteiger partial charge >= 0.3 is 5.97 Å². The van der Waals surface area contributed by atoms with Crippen molar-refractivity contribution in [2.24, 2.45) is 0 Å². The van der Waals surface area contributed by atoms with Crippen LogP contribution < -0.4 is 5.32 Å². The van der Waals surface area contributed by atoms with Crippen molar-refractivity contribution in [3.05, 3.63) is 0 Å². The summed E-state index contributed by atoms with van der Waals surface area (Å²) in [4.78, 5) is 24.9. The monoisotopic (exact) mass is 304 g/mol. The average molecular weight is 305 g/mol. The zero-order valence-electron chi connectivity index (χ0n) is 11.8. The van der Waals surface area contributed by atoms with E-state index in [1.807, 2.05) is 4.90 Å². The lowest BCUT2D eigenvalue weighted by atomic mass is 10.0. The predicted octanol–water partition coefficient (Wildman–Crippen LogP) is 1.80. The zero-order valence-corrected chi connectivity index (χ0v) is 12.7. The fraction of sp³-hybridized carbons (Fsp3) is 0.857. The summed E-state index contributed by atoms with van der Waals surface area (Å²) in [6.07, 6.45) is 7.73. The molecule has 6 heteroatoms. The summed E-state index contributed by atoms with van der Waals surface area (Å²) in [5.74, 6) is -0.683. The van der Waals surface area contributed by atoms with Crippen LogP contribution in [0.4, 0.5) is 0 Å². The number of halogens is 1. The molecular weight excluding hydrogens is 280 g/mol. The number of nitrogens with one attached hydrogen (secondary N) is 1. The minimum atomic E-state index is -0.754. The third-order valence-corrected chi connectivity index (χ3v) is 4.25. The molecule has 1 heterocycles. The molecule has 116 valence electrons. The highest BCUT2D eigenvalue weighted by molar-refractivity contribution is 5.85. The molecule has 2 fully saturated rings. The summed E-state index contributed by atoms with van der Waals surface area (Å²) in [7, 11) is 0. The number of likely N-dealkylation sites (tertiary alicyclic amines) is 1. The van der Waals surface area contributed by atoms with Crippen molar-refractivity contribution in [3.8, 4) is 0 Å². The molecule has 0 aromatic rings. The van der Waals surface area contributed by atoms with Crippen LogP contribution in [0.25, 0.3) is 0 Å². The smallest absolute Gasteiger partial charge is 0.320 e. The molecule has 5 nitrogen and oxygen atoms in total. The lowest BCUT2D eigenvalue weighted by molar-refractivity contribution is -0.145. The van der Waals surface area contributed by atoms with Crippen LogP contribution in [0.1, 0.15) is 51.4 Å². The first-order valence-electron chi connectivity index (χ1n) is 7.43. The first kappa shape index (κ1) is 17.2. The van der Waals surface area contributed by atoms with Crippen molar-refractivity contribution >= 4 is 24.3 Å². The number of amides is 1. The van der Waals surface area contributed by atoms with E-state index in [0.29, 0.717) is 25.4 Å². The Kier molecular flexibility index (Phi) is 7.30. The van der Waals surface area contributed by atoms with Gasteiger partial charge in [-0.3, -0.25) is 14.5 Å². The lowest BCUT2D eigenvalue weighted by Gasteiger charge is -2.32. The molecule has 2 N–H and O–H groups in total. The van der Waals surface area contributed by atoms with Gasteiger partial charge in [0, 0.05) is 19.0 Å². The van der Waals surface area contributed by atoms with E-state index in [1.165, 1.54) is 12.8 Å². The second kappa shape index (κ2) is 8.47. The van der Waals surface area contributed by atoms with E-state index in [9.17, 15) is 9.59 Å². The molecule has 0 radical (unpaired) electrons. The molecule has 1 saturated carbocycles. The second-order valence-electron chi connectivity index (χ2n) is 5.68. The molecule has 0 aromatic carbocycles. The van der Waals surface area contributed by atoms with E-state index in [2.05, 4.69) is 5.32 Å². The number of carboxylic acids is 1. The summed E-state index contributed by atoms with van der Waals surface area (Å²) < 4.78 is 0. The molecule has 20 heavy (non-hydrogen) atoms. The number of aliphatic carboxylic acids is 1. The van der Waals surface area contributed by atoms with E-state index in [4.69, 9.17) is 5.11 Å². The summed E-state index contributed by atoms with van der Waals surface area (Å²) >= 11 is 0. The maximum Gasteiger partial charge on any atom is 0.320 e. The average Bonchev–Trinajstić information content (AvgIpc) is 2.89. The molecule has 2 rings (SSSR count). The number of hydrogen-bond acceptors (Lipinski definition) is 3. The van der Waals surface area contributed by atoms with Gasteiger partial charge in [0.05, 0.1) is 0 Å². The highest BCUT2D eigenvalue weighted by Crippen LogP contribution is 2.19. The SMILES string of the molecule is Cl.O=C(CCN1CCCCC1C(=O)O)NC1CCCC1. The van der Waals surface area contributed by atoms with Gasteiger partial charge < -0.3 is 10.4 Å². The Balaban J connectivity index is 0.00000200. The van der Waals surface area contributed by atoms with Crippen molar-refractivity contribution < 1.29 is 14.7 Å². The van der Waals surface area contributed by atoms with E-state index in [1.54, 1.807) is 0 Å². The van der Waals surface area contributed by atoms with Gasteiger partial charge in [-0.05, 0) is 32.2 Å². The molecule has 1 saturated heterocycles. The third-order valence-electron chi connectivity index (χ3n) is 4.25. The van der Waals surface area contributed by atoms with Gasteiger partial charge in [0.1, 0.15) is 6.04 Å². The van der Waals surface area contributed by atoms with Crippen LogP contribution in [0.5, 0.6) is 0 Å². The van der Waals surface area contributed by atoms with Crippen LogP contribution in [0.2, 0.25) is 0 Å². The number of carbonyl (C=O) groups excluding carboxylic acids is 1. The number of nitrogens with zero attached hydrogens (tertiary/aromatic N) is 1. The Hall–Kier alpha value is -0.810. The van der Waals surface area contributed by atoms with Gasteiger partial charge in [0.2, 0.25) is 5.91 Å². The molecule has 1 atom stereocenters.